The number of nitrogens with zero attached hydrogens (tertiary/aromatic N) is 1. The molecule has 1 N–H and O–H groups in total. The summed E-state index contributed by atoms with van der Waals surface area (Å²) in [6, 6.07) is 4.21. The number of benzene rings is 1. The van der Waals surface area contributed by atoms with E-state index in [0.717, 1.165) is 5.56 Å². The number of hydrogen-bond acceptors (Lipinski definition) is 3. The molecule has 4 nitrogen and oxygen atoms in total. The van der Waals surface area contributed by atoms with Crippen molar-refractivity contribution in [2.45, 2.75) is 13.5 Å². The highest BCUT2D eigenvalue weighted by Crippen LogP contribution is 2.20. The van der Waals surface area contributed by atoms with E-state index in [4.69, 9.17) is 16.3 Å². The average Bonchev–Trinajstić information content (AvgIpc) is 2.45. The van der Waals surface area contributed by atoms with E-state index in [1.807, 2.05) is 6.92 Å². The van der Waals surface area contributed by atoms with E-state index in [9.17, 15) is 9.18 Å². The van der Waals surface area contributed by atoms with E-state index in [2.05, 4.69) is 5.32 Å². The fourth-order valence-corrected chi connectivity index (χ4v) is 2.26. The van der Waals surface area contributed by atoms with Crippen LogP contribution in [0.3, 0.4) is 0 Å². The van der Waals surface area contributed by atoms with Crippen molar-refractivity contribution in [2.24, 2.45) is 5.92 Å². The Balaban J connectivity index is 0.00000441. The Morgan fingerprint density at radius 1 is 1.50 bits per heavy atom. The molecule has 0 bridgehead atoms. The van der Waals surface area contributed by atoms with Gasteiger partial charge in [0.25, 0.3) is 0 Å². The number of hydrogen-bond donors (Lipinski definition) is 1. The molecule has 1 amide bonds. The largest absolute Gasteiger partial charge is 0.383 e. The Kier molecular flexibility index (Phi) is 10.3. The molecule has 1 aromatic rings. The van der Waals surface area contributed by atoms with Crippen LogP contribution in [-0.2, 0) is 16.1 Å². The molecule has 0 aliphatic carbocycles. The van der Waals surface area contributed by atoms with E-state index < -0.39 is 0 Å². The van der Waals surface area contributed by atoms with Crippen molar-refractivity contribution < 1.29 is 13.9 Å². The third-order valence-electron chi connectivity index (χ3n) is 3.19. The molecule has 126 valence electrons. The van der Waals surface area contributed by atoms with Crippen molar-refractivity contribution >= 4 is 29.9 Å². The summed E-state index contributed by atoms with van der Waals surface area (Å²) in [6.07, 6.45) is 0. The fourth-order valence-electron chi connectivity index (χ4n) is 2.03. The van der Waals surface area contributed by atoms with Gasteiger partial charge in [-0.15, -0.1) is 12.4 Å². The molecule has 0 saturated carbocycles. The van der Waals surface area contributed by atoms with Crippen LogP contribution < -0.4 is 5.32 Å². The maximum atomic E-state index is 13.1. The van der Waals surface area contributed by atoms with E-state index in [0.29, 0.717) is 31.3 Å². The van der Waals surface area contributed by atoms with Gasteiger partial charge in [0.05, 0.1) is 6.61 Å². The predicted octanol–water partition coefficient (Wildman–Crippen LogP) is 2.73. The maximum absolute atomic E-state index is 13.1. The quantitative estimate of drug-likeness (QED) is 0.781. The zero-order chi connectivity index (χ0) is 15.8. The van der Waals surface area contributed by atoms with Crippen LogP contribution in [0.5, 0.6) is 0 Å². The number of ether oxygens (including phenoxy) is 1. The Bertz CT molecular complexity index is 475. The molecule has 22 heavy (non-hydrogen) atoms. The van der Waals surface area contributed by atoms with E-state index in [-0.39, 0.29) is 30.0 Å². The summed E-state index contributed by atoms with van der Waals surface area (Å²) in [7, 11) is 3.39. The molecule has 0 heterocycles. The Labute approximate surface area is 142 Å². The first-order chi connectivity index (χ1) is 9.99. The van der Waals surface area contributed by atoms with Crippen LogP contribution >= 0.6 is 24.0 Å². The molecule has 0 aliphatic heterocycles. The van der Waals surface area contributed by atoms with Crippen molar-refractivity contribution in [3.63, 3.8) is 0 Å². The molecule has 0 aromatic heterocycles. The second-order valence-corrected chi connectivity index (χ2v) is 5.35. The monoisotopic (exact) mass is 352 g/mol. The minimum atomic E-state index is -0.387. The molecule has 0 radical (unpaired) electrons. The lowest BCUT2D eigenvalue weighted by atomic mass is 10.1. The van der Waals surface area contributed by atoms with Gasteiger partial charge in [-0.3, -0.25) is 4.79 Å². The lowest BCUT2D eigenvalue weighted by Gasteiger charge is -2.26. The first-order valence-electron chi connectivity index (χ1n) is 6.85. The van der Waals surface area contributed by atoms with Crippen molar-refractivity contribution in [1.29, 1.82) is 0 Å². The number of methoxy groups -OCH3 is 1. The van der Waals surface area contributed by atoms with Crippen LogP contribution in [0, 0.1) is 11.7 Å². The van der Waals surface area contributed by atoms with Gasteiger partial charge in [-0.05, 0) is 24.7 Å². The lowest BCUT2D eigenvalue weighted by molar-refractivity contribution is -0.136. The van der Waals surface area contributed by atoms with Crippen LogP contribution in [0.2, 0.25) is 5.02 Å². The van der Waals surface area contributed by atoms with Crippen LogP contribution in [0.15, 0.2) is 18.2 Å². The van der Waals surface area contributed by atoms with Gasteiger partial charge in [-0.2, -0.15) is 0 Å². The normalized spacial score (nSPS) is 11.7. The second kappa shape index (κ2) is 10.8. The highest BCUT2D eigenvalue weighted by Gasteiger charge is 2.20. The van der Waals surface area contributed by atoms with Gasteiger partial charge in [0, 0.05) is 37.7 Å². The standard InChI is InChI=1S/C15H22ClFN2O2.ClH/c1-11(9-18-2)15(20)19(6-7-21-3)10-12-4-5-13(17)8-14(12)16;/h4-5,8,11,18H,6-7,9-10H2,1-3H3;1H. The Hall–Kier alpha value is -0.880. The van der Waals surface area contributed by atoms with Gasteiger partial charge in [0.15, 0.2) is 0 Å². The smallest absolute Gasteiger partial charge is 0.227 e. The Morgan fingerprint density at radius 3 is 2.73 bits per heavy atom. The third kappa shape index (κ3) is 6.48. The minimum absolute atomic E-state index is 0. The molecule has 0 fully saturated rings. The molecule has 1 unspecified atom stereocenters. The van der Waals surface area contributed by atoms with Crippen molar-refractivity contribution in [2.75, 3.05) is 33.9 Å². The summed E-state index contributed by atoms with van der Waals surface area (Å²) in [5.41, 5.74) is 0.721. The lowest BCUT2D eigenvalue weighted by Crippen LogP contribution is -2.40. The fraction of sp³-hybridized carbons (Fsp3) is 0.533. The van der Waals surface area contributed by atoms with Gasteiger partial charge < -0.3 is 15.0 Å². The van der Waals surface area contributed by atoms with Crippen LogP contribution in [-0.4, -0.2) is 44.7 Å². The predicted molar refractivity (Wildman–Crippen MR) is 89.0 cm³/mol. The highest BCUT2D eigenvalue weighted by atomic mass is 35.5. The van der Waals surface area contributed by atoms with E-state index >= 15 is 0 Å². The second-order valence-electron chi connectivity index (χ2n) is 4.95. The number of carbonyl (C=O) groups is 1. The molecule has 0 saturated heterocycles. The average molecular weight is 353 g/mol. The summed E-state index contributed by atoms with van der Waals surface area (Å²) in [6.45, 7) is 3.72. The molecule has 0 spiro atoms. The molecule has 1 aromatic carbocycles. The molecular formula is C15H23Cl2FN2O2. The van der Waals surface area contributed by atoms with Crippen LogP contribution in [0.1, 0.15) is 12.5 Å². The highest BCUT2D eigenvalue weighted by molar-refractivity contribution is 6.31. The summed E-state index contributed by atoms with van der Waals surface area (Å²) >= 11 is 6.03. The van der Waals surface area contributed by atoms with Gasteiger partial charge in [0.2, 0.25) is 5.91 Å². The Morgan fingerprint density at radius 2 is 2.18 bits per heavy atom. The third-order valence-corrected chi connectivity index (χ3v) is 3.54. The zero-order valence-electron chi connectivity index (χ0n) is 13.1. The summed E-state index contributed by atoms with van der Waals surface area (Å²) < 4.78 is 18.1. The molecule has 1 rings (SSSR count). The van der Waals surface area contributed by atoms with Gasteiger partial charge >= 0.3 is 0 Å². The number of carbonyl (C=O) groups excluding carboxylic acids is 1. The molecule has 0 aliphatic rings. The molecule has 7 heteroatoms. The number of rotatable bonds is 8. The van der Waals surface area contributed by atoms with Crippen molar-refractivity contribution in [3.8, 4) is 0 Å². The number of amides is 1. The van der Waals surface area contributed by atoms with Gasteiger partial charge in [-0.25, -0.2) is 4.39 Å². The first kappa shape index (κ1) is 21.1. The van der Waals surface area contributed by atoms with Crippen molar-refractivity contribution in [1.82, 2.24) is 10.2 Å². The maximum Gasteiger partial charge on any atom is 0.227 e. The zero-order valence-corrected chi connectivity index (χ0v) is 14.6. The van der Waals surface area contributed by atoms with Gasteiger partial charge in [0.1, 0.15) is 5.82 Å². The molecule has 1 atom stereocenters. The number of halogens is 3. The van der Waals surface area contributed by atoms with Crippen LogP contribution in [0.4, 0.5) is 4.39 Å². The topological polar surface area (TPSA) is 41.6 Å². The van der Waals surface area contributed by atoms with E-state index in [1.165, 1.54) is 12.1 Å². The van der Waals surface area contributed by atoms with Gasteiger partial charge in [-0.1, -0.05) is 24.6 Å². The summed E-state index contributed by atoms with van der Waals surface area (Å²) in [5.74, 6) is -0.519. The van der Waals surface area contributed by atoms with Crippen LogP contribution in [0.25, 0.3) is 0 Å². The van der Waals surface area contributed by atoms with Crippen molar-refractivity contribution in [3.05, 3.63) is 34.6 Å². The SMILES string of the molecule is CNCC(C)C(=O)N(CCOC)Cc1ccc(F)cc1Cl.Cl. The minimum Gasteiger partial charge on any atom is -0.383 e. The molecular weight excluding hydrogens is 330 g/mol. The number of nitrogens with one attached hydrogen (secondary N) is 1. The summed E-state index contributed by atoms with van der Waals surface area (Å²) in [4.78, 5) is 14.1. The first-order valence-corrected chi connectivity index (χ1v) is 7.23. The summed E-state index contributed by atoms with van der Waals surface area (Å²) in [5, 5.41) is 3.31. The van der Waals surface area contributed by atoms with E-state index in [1.54, 1.807) is 25.1 Å².